The number of likely N-dealkylation sites (tertiary alicyclic amines) is 1. The number of amides is 1. The molecule has 1 aromatic rings. The fraction of sp³-hybridized carbons (Fsp3) is 0.579. The second-order valence-corrected chi connectivity index (χ2v) is 6.23. The minimum atomic E-state index is -0.745. The number of carbonyl (C=O) groups excluding carboxylic acids is 2. The third-order valence-corrected chi connectivity index (χ3v) is 4.46. The topological polar surface area (TPSA) is 76.1 Å². The van der Waals surface area contributed by atoms with E-state index in [1.54, 1.807) is 6.92 Å². The molecule has 1 aliphatic heterocycles. The van der Waals surface area contributed by atoms with Gasteiger partial charge < -0.3 is 19.5 Å². The molecule has 3 atom stereocenters. The van der Waals surface area contributed by atoms with Crippen molar-refractivity contribution in [3.05, 3.63) is 35.9 Å². The van der Waals surface area contributed by atoms with Gasteiger partial charge in [-0.05, 0) is 25.3 Å². The summed E-state index contributed by atoms with van der Waals surface area (Å²) in [7, 11) is 0. The third kappa shape index (κ3) is 4.95. The summed E-state index contributed by atoms with van der Waals surface area (Å²) in [4.78, 5) is 26.3. The minimum Gasteiger partial charge on any atom is -0.466 e. The highest BCUT2D eigenvalue weighted by Gasteiger charge is 2.44. The Hall–Kier alpha value is -2.08. The van der Waals surface area contributed by atoms with Gasteiger partial charge in [-0.2, -0.15) is 0 Å². The predicted octanol–water partition coefficient (Wildman–Crippen LogP) is 2.74. The van der Waals surface area contributed by atoms with Gasteiger partial charge in [0.2, 0.25) is 0 Å². The first-order valence-electron chi connectivity index (χ1n) is 8.90. The molecule has 1 N–H and O–H groups in total. The molecule has 1 amide bonds. The summed E-state index contributed by atoms with van der Waals surface area (Å²) >= 11 is 0. The maximum Gasteiger partial charge on any atom is 0.410 e. The number of hydrogen-bond donors (Lipinski definition) is 1. The van der Waals surface area contributed by atoms with Crippen molar-refractivity contribution in [3.63, 3.8) is 0 Å². The number of benzene rings is 1. The zero-order valence-electron chi connectivity index (χ0n) is 14.9. The standard InChI is InChI=1S/C19H27NO5/c1-3-8-15(18(22)24-4-2)17-16(21)11-12-20(17)19(23)25-13-14-9-6-5-7-10-14/h5-7,9-10,15-17,21H,3-4,8,11-13H2,1-2H3/t15-,16+,17-/m1/s1. The van der Waals surface area contributed by atoms with Gasteiger partial charge in [0.25, 0.3) is 0 Å². The zero-order valence-corrected chi connectivity index (χ0v) is 14.9. The highest BCUT2D eigenvalue weighted by Crippen LogP contribution is 2.29. The van der Waals surface area contributed by atoms with E-state index < -0.39 is 24.2 Å². The van der Waals surface area contributed by atoms with Gasteiger partial charge in [-0.3, -0.25) is 4.79 Å². The molecule has 1 aromatic carbocycles. The van der Waals surface area contributed by atoms with Crippen molar-refractivity contribution in [2.75, 3.05) is 13.2 Å². The van der Waals surface area contributed by atoms with Gasteiger partial charge in [-0.15, -0.1) is 0 Å². The van der Waals surface area contributed by atoms with Crippen molar-refractivity contribution in [2.45, 2.75) is 51.9 Å². The highest BCUT2D eigenvalue weighted by molar-refractivity contribution is 5.76. The van der Waals surface area contributed by atoms with Crippen LogP contribution in [0.25, 0.3) is 0 Å². The van der Waals surface area contributed by atoms with E-state index in [-0.39, 0.29) is 19.2 Å². The van der Waals surface area contributed by atoms with Gasteiger partial charge in [0.15, 0.2) is 0 Å². The van der Waals surface area contributed by atoms with Gasteiger partial charge in [-0.25, -0.2) is 4.79 Å². The van der Waals surface area contributed by atoms with Crippen molar-refractivity contribution in [2.24, 2.45) is 5.92 Å². The Morgan fingerprint density at radius 2 is 1.96 bits per heavy atom. The smallest absolute Gasteiger partial charge is 0.410 e. The van der Waals surface area contributed by atoms with E-state index in [4.69, 9.17) is 9.47 Å². The first-order valence-corrected chi connectivity index (χ1v) is 8.90. The van der Waals surface area contributed by atoms with Crippen LogP contribution in [0, 0.1) is 5.92 Å². The number of aliphatic hydroxyl groups is 1. The molecule has 1 saturated heterocycles. The van der Waals surface area contributed by atoms with Gasteiger partial charge in [0.1, 0.15) is 6.61 Å². The van der Waals surface area contributed by atoms with Gasteiger partial charge in [-0.1, -0.05) is 43.7 Å². The molecular weight excluding hydrogens is 322 g/mol. The van der Waals surface area contributed by atoms with Gasteiger partial charge in [0.05, 0.1) is 24.7 Å². The molecule has 1 aliphatic rings. The molecule has 2 rings (SSSR count). The Bertz CT molecular complexity index is 562. The Balaban J connectivity index is 2.06. The molecule has 138 valence electrons. The van der Waals surface area contributed by atoms with Crippen LogP contribution < -0.4 is 0 Å². The number of hydrogen-bond acceptors (Lipinski definition) is 5. The van der Waals surface area contributed by atoms with E-state index in [1.807, 2.05) is 37.3 Å². The van der Waals surface area contributed by atoms with Crippen LogP contribution in [-0.2, 0) is 20.9 Å². The predicted molar refractivity (Wildman–Crippen MR) is 92.8 cm³/mol. The zero-order chi connectivity index (χ0) is 18.2. The molecular formula is C19H27NO5. The molecule has 0 saturated carbocycles. The number of aliphatic hydroxyl groups excluding tert-OH is 1. The summed E-state index contributed by atoms with van der Waals surface area (Å²) in [6, 6.07) is 8.81. The summed E-state index contributed by atoms with van der Waals surface area (Å²) in [5, 5.41) is 10.4. The third-order valence-electron chi connectivity index (χ3n) is 4.46. The number of carbonyl (C=O) groups is 2. The maximum absolute atomic E-state index is 12.5. The molecule has 1 fully saturated rings. The van der Waals surface area contributed by atoms with Crippen molar-refractivity contribution < 1.29 is 24.2 Å². The molecule has 0 radical (unpaired) electrons. The summed E-state index contributed by atoms with van der Waals surface area (Å²) in [5.74, 6) is -0.900. The largest absolute Gasteiger partial charge is 0.466 e. The summed E-state index contributed by atoms with van der Waals surface area (Å²) < 4.78 is 10.5. The van der Waals surface area contributed by atoms with E-state index in [0.29, 0.717) is 19.4 Å². The highest BCUT2D eigenvalue weighted by atomic mass is 16.6. The molecule has 0 aliphatic carbocycles. The Kier molecular flexibility index (Phi) is 7.25. The lowest BCUT2D eigenvalue weighted by Gasteiger charge is -2.31. The van der Waals surface area contributed by atoms with Crippen LogP contribution in [0.15, 0.2) is 30.3 Å². The van der Waals surface area contributed by atoms with Crippen molar-refractivity contribution in [1.82, 2.24) is 4.90 Å². The minimum absolute atomic E-state index is 0.164. The molecule has 6 heteroatoms. The van der Waals surface area contributed by atoms with E-state index in [0.717, 1.165) is 12.0 Å². The van der Waals surface area contributed by atoms with Crippen LogP contribution in [0.1, 0.15) is 38.7 Å². The van der Waals surface area contributed by atoms with E-state index in [1.165, 1.54) is 4.90 Å². The molecule has 0 spiro atoms. The van der Waals surface area contributed by atoms with Gasteiger partial charge >= 0.3 is 12.1 Å². The molecule has 0 aromatic heterocycles. The van der Waals surface area contributed by atoms with Crippen LogP contribution in [0.5, 0.6) is 0 Å². The lowest BCUT2D eigenvalue weighted by molar-refractivity contribution is -0.151. The Morgan fingerprint density at radius 3 is 2.60 bits per heavy atom. The number of esters is 1. The van der Waals surface area contributed by atoms with Crippen molar-refractivity contribution in [1.29, 1.82) is 0 Å². The molecule has 25 heavy (non-hydrogen) atoms. The number of nitrogens with zero attached hydrogens (tertiary/aromatic N) is 1. The quantitative estimate of drug-likeness (QED) is 0.766. The van der Waals surface area contributed by atoms with Crippen molar-refractivity contribution in [3.8, 4) is 0 Å². The van der Waals surface area contributed by atoms with Crippen LogP contribution in [0.4, 0.5) is 4.79 Å². The van der Waals surface area contributed by atoms with Gasteiger partial charge in [0, 0.05) is 6.54 Å². The molecule has 0 unspecified atom stereocenters. The lowest BCUT2D eigenvalue weighted by Crippen LogP contribution is -2.47. The number of ether oxygens (including phenoxy) is 2. The van der Waals surface area contributed by atoms with Crippen LogP contribution in [0.2, 0.25) is 0 Å². The van der Waals surface area contributed by atoms with Crippen LogP contribution in [0.3, 0.4) is 0 Å². The fourth-order valence-electron chi connectivity index (χ4n) is 3.29. The first-order chi connectivity index (χ1) is 12.1. The van der Waals surface area contributed by atoms with Crippen molar-refractivity contribution >= 4 is 12.1 Å². The van der Waals surface area contributed by atoms with E-state index in [9.17, 15) is 14.7 Å². The summed E-state index contributed by atoms with van der Waals surface area (Å²) in [6.07, 6.45) is 0.508. The average Bonchev–Trinajstić information content (AvgIpc) is 3.00. The number of rotatable bonds is 7. The molecule has 0 bridgehead atoms. The Labute approximate surface area is 148 Å². The average molecular weight is 349 g/mol. The summed E-state index contributed by atoms with van der Waals surface area (Å²) in [5.41, 5.74) is 0.891. The second kappa shape index (κ2) is 9.42. The normalized spacial score (nSPS) is 21.0. The first kappa shape index (κ1) is 19.2. The lowest BCUT2D eigenvalue weighted by atomic mass is 9.91. The van der Waals surface area contributed by atoms with Crippen LogP contribution >= 0.6 is 0 Å². The fourth-order valence-corrected chi connectivity index (χ4v) is 3.29. The molecule has 1 heterocycles. The SMILES string of the molecule is CCC[C@@H](C(=O)OCC)[C@@H]1[C@@H](O)CCN1C(=O)OCc1ccccc1. The second-order valence-electron chi connectivity index (χ2n) is 6.23. The maximum atomic E-state index is 12.5. The van der Waals surface area contributed by atoms with E-state index >= 15 is 0 Å². The summed E-state index contributed by atoms with van der Waals surface area (Å²) in [6.45, 7) is 4.53. The van der Waals surface area contributed by atoms with E-state index in [2.05, 4.69) is 0 Å². The Morgan fingerprint density at radius 1 is 1.24 bits per heavy atom. The molecule has 6 nitrogen and oxygen atoms in total. The monoisotopic (exact) mass is 349 g/mol. The van der Waals surface area contributed by atoms with Crippen LogP contribution in [-0.4, -0.2) is 47.4 Å².